The number of aliphatic hydroxyl groups excluding tert-OH is 3. The average Bonchev–Trinajstić information content (AvgIpc) is 2.92. The molecule has 3 aromatic rings. The van der Waals surface area contributed by atoms with Gasteiger partial charge in [-0.1, -0.05) is 42.5 Å². The number of aliphatic hydroxyl groups is 3. The maximum atomic E-state index is 12.3. The van der Waals surface area contributed by atoms with Gasteiger partial charge in [-0.3, -0.25) is 4.55 Å². The number of methoxy groups -OCH3 is 1. The first-order valence-corrected chi connectivity index (χ1v) is 13.9. The molecule has 3 aromatic carbocycles. The first kappa shape index (κ1) is 29.6. The monoisotopic (exact) mass is 544 g/mol. The van der Waals surface area contributed by atoms with Gasteiger partial charge in [-0.15, -0.1) is 0 Å². The summed E-state index contributed by atoms with van der Waals surface area (Å²) in [5.74, 6) is -0.509. The van der Waals surface area contributed by atoms with E-state index in [9.17, 15) is 28.3 Å². The van der Waals surface area contributed by atoms with E-state index in [1.807, 2.05) is 58.3 Å². The summed E-state index contributed by atoms with van der Waals surface area (Å²) >= 11 is 0. The van der Waals surface area contributed by atoms with Crippen molar-refractivity contribution in [2.45, 2.75) is 10.8 Å². The van der Waals surface area contributed by atoms with Crippen LogP contribution in [-0.2, 0) is 14.9 Å². The van der Waals surface area contributed by atoms with Crippen molar-refractivity contribution in [1.82, 2.24) is 0 Å². The van der Waals surface area contributed by atoms with Gasteiger partial charge in [-0.05, 0) is 47.0 Å². The third kappa shape index (κ3) is 7.53. The Bertz CT molecular complexity index is 1230. The van der Waals surface area contributed by atoms with E-state index in [-0.39, 0.29) is 24.7 Å². The molecule has 0 aliphatic carbocycles. The molecule has 0 fully saturated rings. The lowest BCUT2D eigenvalue weighted by atomic mass is 9.85. The zero-order valence-corrected chi connectivity index (χ0v) is 22.3. The number of anilines is 2. The lowest BCUT2D eigenvalue weighted by Crippen LogP contribution is -2.30. The molecule has 0 spiro atoms. The SMILES string of the molecule is COCCN(CCO)c1ccc(C(c2ccc(N(CCO)CCO)cc2)c2ccccc2S(=O)(=O)O)cc1. The number of nitrogens with zero attached hydrogens (tertiary/aromatic N) is 2. The summed E-state index contributed by atoms with van der Waals surface area (Å²) in [6.45, 7) is 2.15. The maximum Gasteiger partial charge on any atom is 0.294 e. The van der Waals surface area contributed by atoms with Crippen LogP contribution < -0.4 is 9.80 Å². The highest BCUT2D eigenvalue weighted by molar-refractivity contribution is 7.85. The Morgan fingerprint density at radius 1 is 0.711 bits per heavy atom. The largest absolute Gasteiger partial charge is 0.395 e. The molecule has 1 atom stereocenters. The Balaban J connectivity index is 2.08. The van der Waals surface area contributed by atoms with E-state index in [0.29, 0.717) is 38.3 Å². The van der Waals surface area contributed by atoms with E-state index in [4.69, 9.17) is 4.74 Å². The third-order valence-corrected chi connectivity index (χ3v) is 7.29. The highest BCUT2D eigenvalue weighted by atomic mass is 32.2. The highest BCUT2D eigenvalue weighted by Gasteiger charge is 2.25. The van der Waals surface area contributed by atoms with Gasteiger partial charge in [-0.2, -0.15) is 8.42 Å². The van der Waals surface area contributed by atoms with Crippen molar-refractivity contribution in [3.05, 3.63) is 89.5 Å². The van der Waals surface area contributed by atoms with Crippen molar-refractivity contribution in [1.29, 1.82) is 0 Å². The average molecular weight is 545 g/mol. The van der Waals surface area contributed by atoms with E-state index in [1.54, 1.807) is 25.3 Å². The molecule has 0 bridgehead atoms. The van der Waals surface area contributed by atoms with Crippen LogP contribution in [0, 0.1) is 0 Å². The van der Waals surface area contributed by atoms with Crippen molar-refractivity contribution < 1.29 is 33.0 Å². The minimum Gasteiger partial charge on any atom is -0.395 e. The molecule has 38 heavy (non-hydrogen) atoms. The number of hydrogen-bond donors (Lipinski definition) is 4. The standard InChI is InChI=1S/C28H36N2O7S/c1-37-21-17-30(16-20-33)25-12-8-23(9-13-25)28(26-4-2-3-5-27(26)38(34,35)36)22-6-10-24(11-7-22)29(14-18-31)15-19-32/h2-13,28,31-33H,14-21H2,1H3,(H,34,35,36). The summed E-state index contributed by atoms with van der Waals surface area (Å²) in [5.41, 5.74) is 3.75. The first-order chi connectivity index (χ1) is 18.3. The Morgan fingerprint density at radius 2 is 1.16 bits per heavy atom. The molecular formula is C28H36N2O7S. The van der Waals surface area contributed by atoms with E-state index < -0.39 is 16.0 Å². The molecule has 0 saturated heterocycles. The van der Waals surface area contributed by atoms with Crippen LogP contribution in [-0.4, -0.2) is 88.0 Å². The second kappa shape index (κ2) is 14.2. The Kier molecular flexibility index (Phi) is 11.1. The maximum absolute atomic E-state index is 12.3. The van der Waals surface area contributed by atoms with Crippen molar-refractivity contribution >= 4 is 21.5 Å². The highest BCUT2D eigenvalue weighted by Crippen LogP contribution is 2.37. The van der Waals surface area contributed by atoms with E-state index >= 15 is 0 Å². The predicted octanol–water partition coefficient (Wildman–Crippen LogP) is 2.35. The molecule has 206 valence electrons. The fourth-order valence-corrected chi connectivity index (χ4v) is 5.30. The summed E-state index contributed by atoms with van der Waals surface area (Å²) in [5, 5.41) is 28.3. The van der Waals surface area contributed by atoms with Gasteiger partial charge in [0.1, 0.15) is 0 Å². The van der Waals surface area contributed by atoms with Crippen LogP contribution in [0.25, 0.3) is 0 Å². The van der Waals surface area contributed by atoms with Crippen LogP contribution in [0.1, 0.15) is 22.6 Å². The molecule has 9 nitrogen and oxygen atoms in total. The number of benzene rings is 3. The van der Waals surface area contributed by atoms with Gasteiger partial charge in [0, 0.05) is 50.6 Å². The third-order valence-electron chi connectivity index (χ3n) is 6.37. The van der Waals surface area contributed by atoms with Crippen LogP contribution >= 0.6 is 0 Å². The minimum absolute atomic E-state index is 0.00818. The molecule has 0 amide bonds. The van der Waals surface area contributed by atoms with Gasteiger partial charge in [0.15, 0.2) is 0 Å². The van der Waals surface area contributed by atoms with E-state index in [0.717, 1.165) is 22.5 Å². The molecule has 1 unspecified atom stereocenters. The second-order valence-electron chi connectivity index (χ2n) is 8.77. The van der Waals surface area contributed by atoms with Gasteiger partial charge in [0.05, 0.1) is 31.3 Å². The summed E-state index contributed by atoms with van der Waals surface area (Å²) in [7, 11) is -2.86. The minimum atomic E-state index is -4.48. The number of ether oxygens (including phenoxy) is 1. The van der Waals surface area contributed by atoms with Gasteiger partial charge < -0.3 is 29.9 Å². The molecule has 4 N–H and O–H groups in total. The molecule has 0 aromatic heterocycles. The van der Waals surface area contributed by atoms with Crippen LogP contribution in [0.5, 0.6) is 0 Å². The summed E-state index contributed by atoms with van der Waals surface area (Å²) in [4.78, 5) is 3.69. The molecule has 0 radical (unpaired) electrons. The number of rotatable bonds is 15. The van der Waals surface area contributed by atoms with Crippen molar-refractivity contribution in [2.75, 3.05) is 69.5 Å². The first-order valence-electron chi connectivity index (χ1n) is 12.4. The molecular weight excluding hydrogens is 508 g/mol. The van der Waals surface area contributed by atoms with Gasteiger partial charge >= 0.3 is 0 Å². The van der Waals surface area contributed by atoms with Gasteiger partial charge in [0.2, 0.25) is 0 Å². The molecule has 10 heteroatoms. The Morgan fingerprint density at radius 3 is 1.58 bits per heavy atom. The van der Waals surface area contributed by atoms with Crippen LogP contribution in [0.2, 0.25) is 0 Å². The van der Waals surface area contributed by atoms with E-state index in [1.165, 1.54) is 6.07 Å². The zero-order chi connectivity index (χ0) is 27.5. The summed E-state index contributed by atoms with van der Waals surface area (Å²) < 4.78 is 39.7. The van der Waals surface area contributed by atoms with Gasteiger partial charge in [-0.25, -0.2) is 0 Å². The fourth-order valence-electron chi connectivity index (χ4n) is 4.56. The fraction of sp³-hybridized carbons (Fsp3) is 0.357. The zero-order valence-electron chi connectivity index (χ0n) is 21.5. The quantitative estimate of drug-likeness (QED) is 0.168. The molecule has 0 aliphatic rings. The second-order valence-corrected chi connectivity index (χ2v) is 10.2. The number of hydrogen-bond acceptors (Lipinski definition) is 8. The predicted molar refractivity (Wildman–Crippen MR) is 148 cm³/mol. The van der Waals surface area contributed by atoms with Crippen molar-refractivity contribution in [3.8, 4) is 0 Å². The van der Waals surface area contributed by atoms with Crippen LogP contribution in [0.3, 0.4) is 0 Å². The molecule has 3 rings (SSSR count). The lowest BCUT2D eigenvalue weighted by molar-refractivity contribution is 0.203. The van der Waals surface area contributed by atoms with Gasteiger partial charge in [0.25, 0.3) is 10.1 Å². The normalized spacial score (nSPS) is 12.3. The summed E-state index contributed by atoms with van der Waals surface area (Å²) in [6, 6.07) is 21.5. The molecule has 0 heterocycles. The Hall–Kier alpha value is -2.99. The van der Waals surface area contributed by atoms with Crippen LogP contribution in [0.15, 0.2) is 77.7 Å². The van der Waals surface area contributed by atoms with Crippen molar-refractivity contribution in [3.63, 3.8) is 0 Å². The summed E-state index contributed by atoms with van der Waals surface area (Å²) in [6.07, 6.45) is 0. The van der Waals surface area contributed by atoms with Crippen molar-refractivity contribution in [2.24, 2.45) is 0 Å². The molecule has 0 saturated carbocycles. The smallest absolute Gasteiger partial charge is 0.294 e. The lowest BCUT2D eigenvalue weighted by Gasteiger charge is -2.26. The Labute approximate surface area is 224 Å². The molecule has 0 aliphatic heterocycles. The van der Waals surface area contributed by atoms with Crippen LogP contribution in [0.4, 0.5) is 11.4 Å². The van der Waals surface area contributed by atoms with E-state index in [2.05, 4.69) is 0 Å². The topological polar surface area (TPSA) is 131 Å².